The van der Waals surface area contributed by atoms with Gasteiger partial charge >= 0.3 is 0 Å². The van der Waals surface area contributed by atoms with Gasteiger partial charge in [0, 0.05) is 0 Å². The lowest BCUT2D eigenvalue weighted by molar-refractivity contribution is 0.485. The smallest absolute Gasteiger partial charge is 0.0140 e. The van der Waals surface area contributed by atoms with Gasteiger partial charge in [0.2, 0.25) is 0 Å². The molecule has 112 valence electrons. The molecule has 0 aromatic heterocycles. The predicted molar refractivity (Wildman–Crippen MR) is 91.9 cm³/mol. The maximum atomic E-state index is 2.43. The summed E-state index contributed by atoms with van der Waals surface area (Å²) in [7, 11) is 0. The molecule has 20 heavy (non-hydrogen) atoms. The van der Waals surface area contributed by atoms with Gasteiger partial charge in [0.1, 0.15) is 0 Å². The second-order valence-corrected chi connectivity index (χ2v) is 7.03. The SMILES string of the molecule is C/C1=C\CC/C(C)=C/CC/C(C)=C/CC(C)(C)/C=C/C1. The van der Waals surface area contributed by atoms with Crippen molar-refractivity contribution in [3.8, 4) is 0 Å². The predicted octanol–water partition coefficient (Wildman–Crippen LogP) is 6.76. The number of rotatable bonds is 0. The third kappa shape index (κ3) is 7.53. The normalized spacial score (nSPS) is 31.6. The fourth-order valence-electron chi connectivity index (χ4n) is 2.45. The second-order valence-electron chi connectivity index (χ2n) is 7.03. The summed E-state index contributed by atoms with van der Waals surface area (Å²) in [5, 5.41) is 0. The standard InChI is InChI=1S/C20H32/c1-17-9-6-11-18(2)13-8-15-20(4,5)16-14-19(3)12-7-10-17/h8,10-11,14-15H,6-7,9,12-13,16H2,1-5H3/b15-8+,17-10+,18-11+,19-14+. The Bertz CT molecular complexity index is 413. The van der Waals surface area contributed by atoms with Crippen LogP contribution in [0.4, 0.5) is 0 Å². The summed E-state index contributed by atoms with van der Waals surface area (Å²) in [4.78, 5) is 0. The lowest BCUT2D eigenvalue weighted by atomic mass is 9.87. The Hall–Kier alpha value is -1.04. The summed E-state index contributed by atoms with van der Waals surface area (Å²) in [6.45, 7) is 11.4. The third-order valence-electron chi connectivity index (χ3n) is 4.05. The molecule has 1 rings (SSSR count). The van der Waals surface area contributed by atoms with E-state index in [-0.39, 0.29) is 5.41 Å². The zero-order valence-corrected chi connectivity index (χ0v) is 14.1. The molecule has 0 fully saturated rings. The fraction of sp³-hybridized carbons (Fsp3) is 0.600. The van der Waals surface area contributed by atoms with Gasteiger partial charge in [-0.25, -0.2) is 0 Å². The summed E-state index contributed by atoms with van der Waals surface area (Å²) in [5.74, 6) is 0. The minimum Gasteiger partial charge on any atom is -0.0853 e. The maximum Gasteiger partial charge on any atom is -0.0140 e. The zero-order valence-electron chi connectivity index (χ0n) is 14.1. The number of allylic oxidation sites excluding steroid dienone is 8. The first-order chi connectivity index (χ1) is 9.39. The molecular weight excluding hydrogens is 240 g/mol. The molecule has 0 saturated carbocycles. The van der Waals surface area contributed by atoms with Crippen molar-refractivity contribution >= 4 is 0 Å². The number of hydrogen-bond acceptors (Lipinski definition) is 0. The minimum atomic E-state index is 0.271. The molecule has 1 aliphatic carbocycles. The van der Waals surface area contributed by atoms with Crippen LogP contribution in [0.15, 0.2) is 47.1 Å². The Morgan fingerprint density at radius 3 is 2.00 bits per heavy atom. The van der Waals surface area contributed by atoms with Crippen molar-refractivity contribution in [1.82, 2.24) is 0 Å². The van der Waals surface area contributed by atoms with Crippen LogP contribution in [0.5, 0.6) is 0 Å². The summed E-state index contributed by atoms with van der Waals surface area (Å²) < 4.78 is 0. The van der Waals surface area contributed by atoms with Crippen molar-refractivity contribution in [2.24, 2.45) is 5.41 Å². The molecule has 1 aliphatic rings. The largest absolute Gasteiger partial charge is 0.0853 e. The van der Waals surface area contributed by atoms with E-state index in [1.54, 1.807) is 0 Å². The van der Waals surface area contributed by atoms with E-state index in [2.05, 4.69) is 65.0 Å². The first kappa shape index (κ1) is 17.0. The van der Waals surface area contributed by atoms with E-state index < -0.39 is 0 Å². The lowest BCUT2D eigenvalue weighted by Crippen LogP contribution is -2.05. The Morgan fingerprint density at radius 1 is 0.800 bits per heavy atom. The molecule has 0 amide bonds. The van der Waals surface area contributed by atoms with Gasteiger partial charge in [-0.1, -0.05) is 60.9 Å². The van der Waals surface area contributed by atoms with Crippen LogP contribution >= 0.6 is 0 Å². The molecular formula is C20H32. The van der Waals surface area contributed by atoms with Gasteiger partial charge in [-0.2, -0.15) is 0 Å². The topological polar surface area (TPSA) is 0 Å². The average Bonchev–Trinajstić information content (AvgIpc) is 2.35. The van der Waals surface area contributed by atoms with Gasteiger partial charge in [0.05, 0.1) is 0 Å². The van der Waals surface area contributed by atoms with Crippen LogP contribution in [0, 0.1) is 5.41 Å². The fourth-order valence-corrected chi connectivity index (χ4v) is 2.45. The molecule has 0 saturated heterocycles. The van der Waals surface area contributed by atoms with Crippen molar-refractivity contribution in [2.75, 3.05) is 0 Å². The summed E-state index contributed by atoms with van der Waals surface area (Å²) in [6.07, 6.45) is 19.0. The molecule has 0 aromatic carbocycles. The molecule has 0 bridgehead atoms. The van der Waals surface area contributed by atoms with Gasteiger partial charge in [-0.05, 0) is 64.7 Å². The first-order valence-corrected chi connectivity index (χ1v) is 8.04. The van der Waals surface area contributed by atoms with Crippen molar-refractivity contribution in [3.63, 3.8) is 0 Å². The van der Waals surface area contributed by atoms with E-state index in [1.165, 1.54) is 42.4 Å². The molecule has 0 unspecified atom stereocenters. The monoisotopic (exact) mass is 272 g/mol. The second kappa shape index (κ2) is 8.29. The highest BCUT2D eigenvalue weighted by molar-refractivity contribution is 5.11. The van der Waals surface area contributed by atoms with Crippen molar-refractivity contribution in [1.29, 1.82) is 0 Å². The van der Waals surface area contributed by atoms with Crippen LogP contribution in [-0.2, 0) is 0 Å². The Labute approximate surface area is 126 Å². The summed E-state index contributed by atoms with van der Waals surface area (Å²) >= 11 is 0. The highest BCUT2D eigenvalue weighted by atomic mass is 14.2. The highest BCUT2D eigenvalue weighted by Gasteiger charge is 2.11. The zero-order chi connectivity index (χ0) is 15.0. The summed E-state index contributed by atoms with van der Waals surface area (Å²) in [6, 6.07) is 0. The van der Waals surface area contributed by atoms with Crippen LogP contribution in [-0.4, -0.2) is 0 Å². The molecule has 0 nitrogen and oxygen atoms in total. The van der Waals surface area contributed by atoms with E-state index in [1.807, 2.05) is 0 Å². The minimum absolute atomic E-state index is 0.271. The summed E-state index contributed by atoms with van der Waals surface area (Å²) in [5.41, 5.74) is 4.83. The molecule has 0 aliphatic heterocycles. The van der Waals surface area contributed by atoms with E-state index in [9.17, 15) is 0 Å². The van der Waals surface area contributed by atoms with Gasteiger partial charge in [-0.3, -0.25) is 0 Å². The van der Waals surface area contributed by atoms with Crippen molar-refractivity contribution in [2.45, 2.75) is 73.1 Å². The van der Waals surface area contributed by atoms with Crippen LogP contribution in [0.25, 0.3) is 0 Å². The lowest BCUT2D eigenvalue weighted by Gasteiger charge is -2.18. The Kier molecular flexibility index (Phi) is 7.05. The molecule has 0 aromatic rings. The Morgan fingerprint density at radius 2 is 1.35 bits per heavy atom. The number of hydrogen-bond donors (Lipinski definition) is 0. The quantitative estimate of drug-likeness (QED) is 0.427. The molecule has 0 heterocycles. The van der Waals surface area contributed by atoms with E-state index >= 15 is 0 Å². The first-order valence-electron chi connectivity index (χ1n) is 8.04. The van der Waals surface area contributed by atoms with Crippen LogP contribution in [0.1, 0.15) is 73.1 Å². The molecule has 0 heteroatoms. The van der Waals surface area contributed by atoms with E-state index in [0.29, 0.717) is 0 Å². The maximum absolute atomic E-state index is 2.43. The van der Waals surface area contributed by atoms with Gasteiger partial charge in [0.15, 0.2) is 0 Å². The van der Waals surface area contributed by atoms with Crippen LogP contribution < -0.4 is 0 Å². The van der Waals surface area contributed by atoms with E-state index in [0.717, 1.165) is 12.8 Å². The molecule has 0 atom stereocenters. The van der Waals surface area contributed by atoms with Crippen LogP contribution in [0.2, 0.25) is 0 Å². The third-order valence-corrected chi connectivity index (χ3v) is 4.05. The van der Waals surface area contributed by atoms with Crippen molar-refractivity contribution < 1.29 is 0 Å². The van der Waals surface area contributed by atoms with Gasteiger partial charge < -0.3 is 0 Å². The molecule has 0 spiro atoms. The van der Waals surface area contributed by atoms with Gasteiger partial charge in [0.25, 0.3) is 0 Å². The van der Waals surface area contributed by atoms with E-state index in [4.69, 9.17) is 0 Å². The van der Waals surface area contributed by atoms with Gasteiger partial charge in [-0.15, -0.1) is 0 Å². The Balaban J connectivity index is 2.81. The van der Waals surface area contributed by atoms with Crippen LogP contribution in [0.3, 0.4) is 0 Å². The molecule has 0 radical (unpaired) electrons. The highest BCUT2D eigenvalue weighted by Crippen LogP contribution is 2.25. The molecule has 0 N–H and O–H groups in total. The average molecular weight is 272 g/mol. The van der Waals surface area contributed by atoms with Crippen molar-refractivity contribution in [3.05, 3.63) is 47.1 Å².